The van der Waals surface area contributed by atoms with Crippen LogP contribution in [0.1, 0.15) is 42.9 Å². The van der Waals surface area contributed by atoms with Gasteiger partial charge in [0, 0.05) is 11.0 Å². The minimum atomic E-state index is -0.0182. The molecule has 0 aromatic heterocycles. The molecule has 0 radical (unpaired) electrons. The number of hydrogen-bond acceptors (Lipinski definition) is 1. The molecule has 126 valence electrons. The molecular weight excluding hydrogens is 364 g/mol. The maximum atomic E-state index is 12.9. The van der Waals surface area contributed by atoms with E-state index in [-0.39, 0.29) is 12.1 Å². The number of aryl methyl sites for hydroxylation is 1. The van der Waals surface area contributed by atoms with E-state index in [1.807, 2.05) is 29.2 Å². The van der Waals surface area contributed by atoms with E-state index in [4.69, 9.17) is 0 Å². The number of para-hydroxylation sites is 1. The van der Waals surface area contributed by atoms with E-state index in [2.05, 4.69) is 52.4 Å². The molecule has 2 aromatic carbocycles. The molecule has 1 fully saturated rings. The molecule has 1 heterocycles. The van der Waals surface area contributed by atoms with E-state index in [9.17, 15) is 4.79 Å². The summed E-state index contributed by atoms with van der Waals surface area (Å²) in [6.45, 7) is 2.90. The monoisotopic (exact) mass is 386 g/mol. The largest absolute Gasteiger partial charge is 0.322 e. The number of benzene rings is 2. The first-order valence-electron chi connectivity index (χ1n) is 8.54. The number of nitrogens with zero attached hydrogens (tertiary/aromatic N) is 1. The summed E-state index contributed by atoms with van der Waals surface area (Å²) in [7, 11) is 0. The molecule has 24 heavy (non-hydrogen) atoms. The van der Waals surface area contributed by atoms with Gasteiger partial charge in [0.15, 0.2) is 0 Å². The summed E-state index contributed by atoms with van der Waals surface area (Å²) in [5.41, 5.74) is 3.29. The first-order valence-corrected chi connectivity index (χ1v) is 9.33. The van der Waals surface area contributed by atoms with Gasteiger partial charge in [0.2, 0.25) is 0 Å². The smallest absolute Gasteiger partial charge is 0.317 e. The van der Waals surface area contributed by atoms with Crippen LogP contribution in [-0.2, 0) is 0 Å². The van der Waals surface area contributed by atoms with Crippen molar-refractivity contribution in [3.8, 4) is 0 Å². The lowest BCUT2D eigenvalue weighted by molar-refractivity contribution is 0.189. The second kappa shape index (κ2) is 7.84. The molecule has 1 atom stereocenters. The lowest BCUT2D eigenvalue weighted by Crippen LogP contribution is -2.38. The molecule has 0 spiro atoms. The van der Waals surface area contributed by atoms with Crippen LogP contribution in [0.5, 0.6) is 0 Å². The summed E-state index contributed by atoms with van der Waals surface area (Å²) >= 11 is 3.50. The van der Waals surface area contributed by atoms with Gasteiger partial charge in [0.25, 0.3) is 0 Å². The second-order valence-electron chi connectivity index (χ2n) is 6.38. The zero-order valence-corrected chi connectivity index (χ0v) is 15.6. The highest BCUT2D eigenvalue weighted by Crippen LogP contribution is 2.31. The van der Waals surface area contributed by atoms with Gasteiger partial charge in [-0.1, -0.05) is 54.8 Å². The van der Waals surface area contributed by atoms with Crippen molar-refractivity contribution >= 4 is 27.6 Å². The van der Waals surface area contributed by atoms with Gasteiger partial charge in [0.1, 0.15) is 0 Å². The number of likely N-dealkylation sites (tertiary alicyclic amines) is 1. The van der Waals surface area contributed by atoms with Crippen molar-refractivity contribution < 1.29 is 4.79 Å². The van der Waals surface area contributed by atoms with Crippen LogP contribution in [0.4, 0.5) is 10.5 Å². The van der Waals surface area contributed by atoms with E-state index in [0.29, 0.717) is 0 Å². The molecule has 2 amide bonds. The molecular formula is C20H23BrN2O. The normalized spacial score (nSPS) is 18.1. The van der Waals surface area contributed by atoms with Crippen molar-refractivity contribution in [2.24, 2.45) is 0 Å². The molecule has 1 aliphatic rings. The van der Waals surface area contributed by atoms with Crippen molar-refractivity contribution in [3.63, 3.8) is 0 Å². The standard InChI is InChI=1S/C20H23BrN2O/c1-15-8-7-9-16(14-15)19-12-3-2-6-13-23(19)20(24)22-18-11-5-4-10-17(18)21/h4-5,7-11,14,19H,2-3,6,12-13H2,1H3,(H,22,24). The molecule has 2 aromatic rings. The highest BCUT2D eigenvalue weighted by atomic mass is 79.9. The average molecular weight is 387 g/mol. The number of anilines is 1. The average Bonchev–Trinajstić information content (AvgIpc) is 2.83. The van der Waals surface area contributed by atoms with Gasteiger partial charge >= 0.3 is 6.03 Å². The van der Waals surface area contributed by atoms with Crippen molar-refractivity contribution in [3.05, 3.63) is 64.1 Å². The van der Waals surface area contributed by atoms with Crippen LogP contribution in [0.2, 0.25) is 0 Å². The zero-order chi connectivity index (χ0) is 16.9. The number of amides is 2. The third-order valence-electron chi connectivity index (χ3n) is 4.56. The quantitative estimate of drug-likeness (QED) is 0.683. The van der Waals surface area contributed by atoms with Gasteiger partial charge in [-0.05, 0) is 53.4 Å². The van der Waals surface area contributed by atoms with Gasteiger partial charge in [-0.3, -0.25) is 0 Å². The minimum Gasteiger partial charge on any atom is -0.317 e. The lowest BCUT2D eigenvalue weighted by atomic mass is 9.99. The van der Waals surface area contributed by atoms with Crippen LogP contribution in [0.3, 0.4) is 0 Å². The van der Waals surface area contributed by atoms with Crippen LogP contribution in [0, 0.1) is 6.92 Å². The Bertz CT molecular complexity index is 716. The summed E-state index contributed by atoms with van der Waals surface area (Å²) in [6, 6.07) is 16.4. The highest BCUT2D eigenvalue weighted by Gasteiger charge is 2.27. The predicted molar refractivity (Wildman–Crippen MR) is 102 cm³/mol. The van der Waals surface area contributed by atoms with Crippen LogP contribution in [-0.4, -0.2) is 17.5 Å². The summed E-state index contributed by atoms with van der Waals surface area (Å²) in [6.07, 6.45) is 4.43. The fourth-order valence-corrected chi connectivity index (χ4v) is 3.71. The lowest BCUT2D eigenvalue weighted by Gasteiger charge is -2.31. The highest BCUT2D eigenvalue weighted by molar-refractivity contribution is 9.10. The SMILES string of the molecule is Cc1cccc(C2CCCCCN2C(=O)Nc2ccccc2Br)c1. The summed E-state index contributed by atoms with van der Waals surface area (Å²) in [4.78, 5) is 14.9. The molecule has 3 nitrogen and oxygen atoms in total. The van der Waals surface area contributed by atoms with Crippen LogP contribution in [0.15, 0.2) is 53.0 Å². The Morgan fingerprint density at radius 2 is 1.96 bits per heavy atom. The fourth-order valence-electron chi connectivity index (χ4n) is 3.32. The Balaban J connectivity index is 1.84. The number of nitrogens with one attached hydrogen (secondary N) is 1. The summed E-state index contributed by atoms with van der Waals surface area (Å²) in [5.74, 6) is 0. The number of halogens is 1. The van der Waals surface area contributed by atoms with E-state index in [1.165, 1.54) is 17.5 Å². The molecule has 1 aliphatic heterocycles. The van der Waals surface area contributed by atoms with Gasteiger partial charge in [0.05, 0.1) is 11.7 Å². The summed E-state index contributed by atoms with van der Waals surface area (Å²) in [5, 5.41) is 3.06. The van der Waals surface area contributed by atoms with E-state index >= 15 is 0 Å². The van der Waals surface area contributed by atoms with E-state index < -0.39 is 0 Å². The fraction of sp³-hybridized carbons (Fsp3) is 0.350. The van der Waals surface area contributed by atoms with Gasteiger partial charge < -0.3 is 10.2 Å². The third kappa shape index (κ3) is 3.99. The molecule has 1 saturated heterocycles. The Morgan fingerprint density at radius 3 is 2.75 bits per heavy atom. The number of urea groups is 1. The van der Waals surface area contributed by atoms with Crippen LogP contribution >= 0.6 is 15.9 Å². The Hall–Kier alpha value is -1.81. The van der Waals surface area contributed by atoms with Crippen molar-refractivity contribution in [2.45, 2.75) is 38.6 Å². The Labute approximate surface area is 152 Å². The maximum Gasteiger partial charge on any atom is 0.322 e. The first-order chi connectivity index (χ1) is 11.6. The van der Waals surface area contributed by atoms with Crippen molar-refractivity contribution in [2.75, 3.05) is 11.9 Å². The second-order valence-corrected chi connectivity index (χ2v) is 7.24. The van der Waals surface area contributed by atoms with Crippen molar-refractivity contribution in [1.29, 1.82) is 0 Å². The molecule has 0 saturated carbocycles. The first kappa shape index (κ1) is 17.0. The van der Waals surface area contributed by atoms with Crippen LogP contribution < -0.4 is 5.32 Å². The Morgan fingerprint density at radius 1 is 1.12 bits per heavy atom. The molecule has 1 N–H and O–H groups in total. The molecule has 1 unspecified atom stereocenters. The van der Waals surface area contributed by atoms with Gasteiger partial charge in [-0.15, -0.1) is 0 Å². The minimum absolute atomic E-state index is 0.0182. The number of carbonyl (C=O) groups is 1. The van der Waals surface area contributed by atoms with Crippen molar-refractivity contribution in [1.82, 2.24) is 4.90 Å². The molecule has 0 bridgehead atoms. The number of hydrogen-bond donors (Lipinski definition) is 1. The predicted octanol–water partition coefficient (Wildman–Crippen LogP) is 5.91. The summed E-state index contributed by atoms with van der Waals surface area (Å²) < 4.78 is 0.903. The molecule has 3 rings (SSSR count). The topological polar surface area (TPSA) is 32.3 Å². The molecule has 4 heteroatoms. The molecule has 0 aliphatic carbocycles. The third-order valence-corrected chi connectivity index (χ3v) is 5.25. The number of rotatable bonds is 2. The van der Waals surface area contributed by atoms with E-state index in [0.717, 1.165) is 36.0 Å². The number of carbonyl (C=O) groups excluding carboxylic acids is 1. The van der Waals surface area contributed by atoms with Gasteiger partial charge in [-0.25, -0.2) is 4.79 Å². The maximum absolute atomic E-state index is 12.9. The van der Waals surface area contributed by atoms with Crippen LogP contribution in [0.25, 0.3) is 0 Å². The van der Waals surface area contributed by atoms with E-state index in [1.54, 1.807) is 0 Å². The van der Waals surface area contributed by atoms with Gasteiger partial charge in [-0.2, -0.15) is 0 Å². The Kier molecular flexibility index (Phi) is 5.56. The zero-order valence-electron chi connectivity index (χ0n) is 14.0.